The van der Waals surface area contributed by atoms with Gasteiger partial charge in [0, 0.05) is 50.7 Å². The van der Waals surface area contributed by atoms with Gasteiger partial charge < -0.3 is 19.6 Å². The Balaban J connectivity index is 1.55. The molecule has 0 aromatic heterocycles. The van der Waals surface area contributed by atoms with Crippen molar-refractivity contribution in [1.82, 2.24) is 14.7 Å². The van der Waals surface area contributed by atoms with E-state index in [1.807, 2.05) is 18.1 Å². The number of hydrogen-bond donors (Lipinski definition) is 1. The van der Waals surface area contributed by atoms with Crippen LogP contribution in [0.15, 0.2) is 0 Å². The van der Waals surface area contributed by atoms with Crippen LogP contribution in [0.25, 0.3) is 0 Å². The van der Waals surface area contributed by atoms with Gasteiger partial charge >= 0.3 is 6.09 Å². The molecule has 0 radical (unpaired) electrons. The summed E-state index contributed by atoms with van der Waals surface area (Å²) in [4.78, 5) is 30.3. The van der Waals surface area contributed by atoms with Gasteiger partial charge in [0.2, 0.25) is 5.91 Å². The van der Waals surface area contributed by atoms with Crippen LogP contribution in [0.4, 0.5) is 4.79 Å². The van der Waals surface area contributed by atoms with E-state index < -0.39 is 0 Å². The maximum Gasteiger partial charge on any atom is 0.409 e. The van der Waals surface area contributed by atoms with E-state index in [1.54, 1.807) is 16.7 Å². The van der Waals surface area contributed by atoms with Gasteiger partial charge in [-0.15, -0.1) is 0 Å². The number of likely N-dealkylation sites (tertiary alicyclic amines) is 3. The third kappa shape index (κ3) is 3.82. The van der Waals surface area contributed by atoms with Crippen LogP contribution >= 0.6 is 11.8 Å². The van der Waals surface area contributed by atoms with Crippen LogP contribution in [-0.2, 0) is 9.53 Å². The van der Waals surface area contributed by atoms with Crippen molar-refractivity contribution >= 4 is 23.8 Å². The summed E-state index contributed by atoms with van der Waals surface area (Å²) in [7, 11) is 0. The van der Waals surface area contributed by atoms with Crippen molar-refractivity contribution in [3.63, 3.8) is 0 Å². The Morgan fingerprint density at radius 3 is 2.50 bits per heavy atom. The van der Waals surface area contributed by atoms with Gasteiger partial charge in [0.05, 0.1) is 19.0 Å². The van der Waals surface area contributed by atoms with Crippen LogP contribution in [-0.4, -0.2) is 102 Å². The molecule has 0 spiro atoms. The van der Waals surface area contributed by atoms with Gasteiger partial charge in [0.15, 0.2) is 0 Å². The maximum atomic E-state index is 12.2. The van der Waals surface area contributed by atoms with E-state index in [1.165, 1.54) is 0 Å². The summed E-state index contributed by atoms with van der Waals surface area (Å²) in [6.45, 7) is 7.06. The zero-order valence-corrected chi connectivity index (χ0v) is 16.7. The predicted octanol–water partition coefficient (Wildman–Crippen LogP) is 0.723. The third-order valence-corrected chi connectivity index (χ3v) is 6.76. The van der Waals surface area contributed by atoms with Crippen molar-refractivity contribution in [2.75, 3.05) is 64.5 Å². The molecule has 3 saturated heterocycles. The molecule has 148 valence electrons. The number of fused-ring (bicyclic) bond motifs is 1. The second-order valence-corrected chi connectivity index (χ2v) is 8.64. The molecule has 2 unspecified atom stereocenters. The number of aliphatic hydroxyl groups excluding tert-OH is 1. The van der Waals surface area contributed by atoms with E-state index >= 15 is 0 Å². The quantitative estimate of drug-likeness (QED) is 0.752. The number of ether oxygens (including phenoxy) is 1. The molecule has 0 saturated carbocycles. The summed E-state index contributed by atoms with van der Waals surface area (Å²) < 4.78 is 5.09. The van der Waals surface area contributed by atoms with Crippen LogP contribution in [0.1, 0.15) is 19.8 Å². The maximum absolute atomic E-state index is 12.2. The Morgan fingerprint density at radius 1 is 1.19 bits per heavy atom. The highest BCUT2D eigenvalue weighted by molar-refractivity contribution is 7.99. The minimum absolute atomic E-state index is 0.138. The largest absolute Gasteiger partial charge is 0.450 e. The second kappa shape index (κ2) is 8.35. The second-order valence-electron chi connectivity index (χ2n) is 7.77. The molecule has 8 heteroatoms. The number of hydrogen-bond acceptors (Lipinski definition) is 6. The normalized spacial score (nSPS) is 29.9. The lowest BCUT2D eigenvalue weighted by Gasteiger charge is -2.37. The van der Waals surface area contributed by atoms with Gasteiger partial charge in [-0.3, -0.25) is 9.69 Å². The van der Waals surface area contributed by atoms with Crippen LogP contribution in [0.3, 0.4) is 0 Å². The highest BCUT2D eigenvalue weighted by Gasteiger charge is 2.54. The van der Waals surface area contributed by atoms with Crippen molar-refractivity contribution in [3.8, 4) is 0 Å². The molecule has 3 aliphatic heterocycles. The lowest BCUT2D eigenvalue weighted by molar-refractivity contribution is -0.128. The fourth-order valence-corrected chi connectivity index (χ4v) is 5.19. The lowest BCUT2D eigenvalue weighted by atomic mass is 9.82. The Hall–Kier alpha value is -0.990. The van der Waals surface area contributed by atoms with E-state index in [4.69, 9.17) is 4.74 Å². The number of nitrogens with zero attached hydrogens (tertiary/aromatic N) is 3. The van der Waals surface area contributed by atoms with E-state index in [-0.39, 0.29) is 24.0 Å². The SMILES string of the molecule is CCOC(=O)N1CCC(N2CC3CN(C(=O)CSC)CC3(CO)C2)CC1. The molecule has 3 heterocycles. The van der Waals surface area contributed by atoms with Crippen molar-refractivity contribution in [2.24, 2.45) is 11.3 Å². The first-order valence-corrected chi connectivity index (χ1v) is 11.0. The van der Waals surface area contributed by atoms with E-state index in [9.17, 15) is 14.7 Å². The van der Waals surface area contributed by atoms with E-state index in [0.717, 1.165) is 45.6 Å². The van der Waals surface area contributed by atoms with Crippen LogP contribution in [0, 0.1) is 11.3 Å². The predicted molar refractivity (Wildman–Crippen MR) is 101 cm³/mol. The van der Waals surface area contributed by atoms with Gasteiger partial charge in [0.25, 0.3) is 0 Å². The van der Waals surface area contributed by atoms with Gasteiger partial charge in [-0.1, -0.05) is 0 Å². The highest BCUT2D eigenvalue weighted by Crippen LogP contribution is 2.43. The van der Waals surface area contributed by atoms with Crippen molar-refractivity contribution in [1.29, 1.82) is 0 Å². The topological polar surface area (TPSA) is 73.3 Å². The van der Waals surface area contributed by atoms with Gasteiger partial charge in [-0.05, 0) is 31.9 Å². The summed E-state index contributed by atoms with van der Waals surface area (Å²) in [5.41, 5.74) is -0.174. The average Bonchev–Trinajstić information content (AvgIpc) is 3.17. The van der Waals surface area contributed by atoms with E-state index in [0.29, 0.717) is 30.9 Å². The monoisotopic (exact) mass is 385 g/mol. The minimum Gasteiger partial charge on any atom is -0.450 e. The van der Waals surface area contributed by atoms with Gasteiger partial charge in [-0.2, -0.15) is 11.8 Å². The Labute approximate surface area is 160 Å². The molecule has 0 aromatic rings. The number of aliphatic hydroxyl groups is 1. The number of rotatable bonds is 5. The molecule has 2 atom stereocenters. The first-order chi connectivity index (χ1) is 12.5. The summed E-state index contributed by atoms with van der Waals surface area (Å²) in [5.74, 6) is 1.06. The lowest BCUT2D eigenvalue weighted by Crippen LogP contribution is -2.48. The number of thioether (sulfide) groups is 1. The summed E-state index contributed by atoms with van der Waals surface area (Å²) in [6.07, 6.45) is 3.63. The summed E-state index contributed by atoms with van der Waals surface area (Å²) in [6, 6.07) is 0.449. The first kappa shape index (κ1) is 19.8. The molecule has 3 aliphatic rings. The summed E-state index contributed by atoms with van der Waals surface area (Å²) in [5, 5.41) is 10.1. The van der Waals surface area contributed by atoms with Crippen LogP contribution in [0.5, 0.6) is 0 Å². The fourth-order valence-electron chi connectivity index (χ4n) is 4.76. The molecule has 0 bridgehead atoms. The Morgan fingerprint density at radius 2 is 1.92 bits per heavy atom. The highest BCUT2D eigenvalue weighted by atomic mass is 32.2. The number of carbonyl (C=O) groups is 2. The molecule has 7 nitrogen and oxygen atoms in total. The molecule has 0 aliphatic carbocycles. The fraction of sp³-hybridized carbons (Fsp3) is 0.889. The zero-order chi connectivity index (χ0) is 18.7. The molecular formula is C18H31N3O4S. The van der Waals surface area contributed by atoms with Gasteiger partial charge in [-0.25, -0.2) is 4.79 Å². The Kier molecular flexibility index (Phi) is 6.35. The number of piperidine rings is 1. The van der Waals surface area contributed by atoms with Crippen LogP contribution < -0.4 is 0 Å². The van der Waals surface area contributed by atoms with Crippen molar-refractivity contribution < 1.29 is 19.4 Å². The van der Waals surface area contributed by atoms with E-state index in [2.05, 4.69) is 4.90 Å². The molecule has 1 N–H and O–H groups in total. The molecular weight excluding hydrogens is 354 g/mol. The summed E-state index contributed by atoms with van der Waals surface area (Å²) >= 11 is 1.55. The standard InChI is InChI=1S/C18H31N3O4S/c1-3-25-17(24)19-6-4-15(5-7-19)20-8-14-9-21(16(23)10-26-2)12-18(14,11-20)13-22/h14-15,22H,3-13H2,1-2H3. The molecule has 0 aromatic carbocycles. The zero-order valence-electron chi connectivity index (χ0n) is 15.9. The first-order valence-electron chi connectivity index (χ1n) is 9.56. The average molecular weight is 386 g/mol. The smallest absolute Gasteiger partial charge is 0.409 e. The van der Waals surface area contributed by atoms with Gasteiger partial charge in [0.1, 0.15) is 0 Å². The van der Waals surface area contributed by atoms with Crippen molar-refractivity contribution in [3.05, 3.63) is 0 Å². The third-order valence-electron chi connectivity index (χ3n) is 6.23. The molecule has 3 rings (SSSR count). The minimum atomic E-state index is -0.209. The molecule has 2 amide bonds. The van der Waals surface area contributed by atoms with Crippen molar-refractivity contribution in [2.45, 2.75) is 25.8 Å². The van der Waals surface area contributed by atoms with Crippen LogP contribution in [0.2, 0.25) is 0 Å². The number of carbonyl (C=O) groups excluding carboxylic acids is 2. The molecule has 3 fully saturated rings. The number of amides is 2. The molecule has 26 heavy (non-hydrogen) atoms. The Bertz CT molecular complexity index is 527.